The molecule has 0 unspecified atom stereocenters. The number of nitrogens with zero attached hydrogens (tertiary/aromatic N) is 2. The van der Waals surface area contributed by atoms with Crippen molar-refractivity contribution >= 4 is 22.3 Å². The van der Waals surface area contributed by atoms with Gasteiger partial charge < -0.3 is 15.3 Å². The number of hydrogen-bond acceptors (Lipinski definition) is 4. The summed E-state index contributed by atoms with van der Waals surface area (Å²) in [6.45, 7) is 5.33. The van der Waals surface area contributed by atoms with Gasteiger partial charge in [0.2, 0.25) is 0 Å². The number of hydrogen-bond donors (Lipinski definition) is 2. The van der Waals surface area contributed by atoms with E-state index in [1.807, 2.05) is 6.07 Å². The molecule has 28 heavy (non-hydrogen) atoms. The number of aliphatic hydroxyl groups excluding tert-OH is 1. The van der Waals surface area contributed by atoms with E-state index in [1.165, 1.54) is 16.6 Å². The summed E-state index contributed by atoms with van der Waals surface area (Å²) in [5.41, 5.74) is 5.86. The molecule has 0 spiro atoms. The van der Waals surface area contributed by atoms with E-state index in [1.54, 1.807) is 0 Å². The lowest BCUT2D eigenvalue weighted by Gasteiger charge is -2.33. The number of fused-ring (bicyclic) bond motifs is 1. The molecule has 1 aliphatic heterocycles. The predicted molar refractivity (Wildman–Crippen MR) is 117 cm³/mol. The smallest absolute Gasteiger partial charge is 0.0726 e. The normalized spacial score (nSPS) is 15.1. The predicted octanol–water partition coefficient (Wildman–Crippen LogP) is 4.62. The first-order chi connectivity index (χ1) is 13.8. The maximum Gasteiger partial charge on any atom is 0.0726 e. The number of aromatic nitrogens is 1. The number of piperidine rings is 1. The summed E-state index contributed by atoms with van der Waals surface area (Å²) in [5, 5.41) is 14.1. The third kappa shape index (κ3) is 4.12. The van der Waals surface area contributed by atoms with Crippen molar-refractivity contribution in [3.05, 3.63) is 65.9 Å². The molecular formula is C24H29N3O. The maximum atomic E-state index is 9.31. The van der Waals surface area contributed by atoms with E-state index in [0.29, 0.717) is 12.5 Å². The van der Waals surface area contributed by atoms with Crippen molar-refractivity contribution in [1.82, 2.24) is 4.98 Å². The van der Waals surface area contributed by atoms with E-state index >= 15 is 0 Å². The third-order valence-corrected chi connectivity index (χ3v) is 5.79. The van der Waals surface area contributed by atoms with Crippen LogP contribution in [0.15, 0.2) is 54.6 Å². The Balaban J connectivity index is 1.44. The first-order valence-electron chi connectivity index (χ1n) is 10.3. The minimum absolute atomic E-state index is 0.321. The molecule has 0 bridgehead atoms. The van der Waals surface area contributed by atoms with E-state index in [0.717, 1.165) is 55.8 Å². The second-order valence-corrected chi connectivity index (χ2v) is 7.66. The van der Waals surface area contributed by atoms with Gasteiger partial charge in [-0.3, -0.25) is 4.98 Å². The van der Waals surface area contributed by atoms with Crippen LogP contribution < -0.4 is 10.2 Å². The molecule has 4 nitrogen and oxygen atoms in total. The molecule has 2 N–H and O–H groups in total. The average molecular weight is 376 g/mol. The Morgan fingerprint density at radius 1 is 1.07 bits per heavy atom. The van der Waals surface area contributed by atoms with Crippen molar-refractivity contribution in [2.45, 2.75) is 32.7 Å². The summed E-state index contributed by atoms with van der Waals surface area (Å²) in [6, 6.07) is 19.3. The molecule has 146 valence electrons. The van der Waals surface area contributed by atoms with Crippen LogP contribution in [0, 0.1) is 5.92 Å². The lowest BCUT2D eigenvalue weighted by Crippen LogP contribution is -2.34. The topological polar surface area (TPSA) is 48.4 Å². The summed E-state index contributed by atoms with van der Waals surface area (Å²) in [7, 11) is 0. The van der Waals surface area contributed by atoms with E-state index < -0.39 is 0 Å². The van der Waals surface area contributed by atoms with E-state index in [9.17, 15) is 5.11 Å². The summed E-state index contributed by atoms with van der Waals surface area (Å²) in [6.07, 6.45) is 3.09. The number of aliphatic hydroxyl groups is 1. The summed E-state index contributed by atoms with van der Waals surface area (Å²) >= 11 is 0. The van der Waals surface area contributed by atoms with Gasteiger partial charge in [-0.25, -0.2) is 0 Å². The van der Waals surface area contributed by atoms with Crippen molar-refractivity contribution in [1.29, 1.82) is 0 Å². The van der Waals surface area contributed by atoms with Crippen LogP contribution in [-0.2, 0) is 13.0 Å². The van der Waals surface area contributed by atoms with Gasteiger partial charge >= 0.3 is 0 Å². The first-order valence-corrected chi connectivity index (χ1v) is 10.3. The Bertz CT molecular complexity index is 915. The van der Waals surface area contributed by atoms with Crippen LogP contribution in [0.5, 0.6) is 0 Å². The summed E-state index contributed by atoms with van der Waals surface area (Å²) in [4.78, 5) is 7.15. The van der Waals surface area contributed by atoms with Gasteiger partial charge in [-0.15, -0.1) is 0 Å². The molecule has 1 fully saturated rings. The van der Waals surface area contributed by atoms with Crippen molar-refractivity contribution in [3.63, 3.8) is 0 Å². The Kier molecular flexibility index (Phi) is 5.77. The molecule has 1 aromatic heterocycles. The Morgan fingerprint density at radius 2 is 1.82 bits per heavy atom. The van der Waals surface area contributed by atoms with Crippen molar-refractivity contribution in [3.8, 4) is 0 Å². The van der Waals surface area contributed by atoms with Gasteiger partial charge in [-0.2, -0.15) is 0 Å². The highest BCUT2D eigenvalue weighted by Gasteiger charge is 2.18. The molecule has 2 aromatic carbocycles. The molecule has 4 rings (SSSR count). The van der Waals surface area contributed by atoms with E-state index in [2.05, 4.69) is 65.7 Å². The molecule has 0 radical (unpaired) electrons. The fourth-order valence-corrected chi connectivity index (χ4v) is 3.95. The molecule has 1 saturated heterocycles. The van der Waals surface area contributed by atoms with E-state index in [-0.39, 0.29) is 0 Å². The van der Waals surface area contributed by atoms with E-state index in [4.69, 9.17) is 4.98 Å². The molecular weight excluding hydrogens is 346 g/mol. The Morgan fingerprint density at radius 3 is 2.54 bits per heavy atom. The second-order valence-electron chi connectivity index (χ2n) is 7.66. The van der Waals surface area contributed by atoms with Gasteiger partial charge in [-0.05, 0) is 55.0 Å². The van der Waals surface area contributed by atoms with Crippen LogP contribution in [0.3, 0.4) is 0 Å². The molecule has 2 heterocycles. The summed E-state index contributed by atoms with van der Waals surface area (Å²) < 4.78 is 0. The van der Waals surface area contributed by atoms with Gasteiger partial charge in [0.15, 0.2) is 0 Å². The maximum absolute atomic E-state index is 9.31. The monoisotopic (exact) mass is 375 g/mol. The molecule has 0 aliphatic carbocycles. The number of para-hydroxylation sites is 1. The van der Waals surface area contributed by atoms with Crippen molar-refractivity contribution < 1.29 is 5.11 Å². The highest BCUT2D eigenvalue weighted by molar-refractivity contribution is 5.91. The molecule has 1 aliphatic rings. The molecule has 3 aromatic rings. The number of rotatable bonds is 6. The largest absolute Gasteiger partial charge is 0.396 e. The first kappa shape index (κ1) is 18.8. The zero-order valence-electron chi connectivity index (χ0n) is 16.6. The van der Waals surface area contributed by atoms with Crippen LogP contribution in [0.1, 0.15) is 31.0 Å². The van der Waals surface area contributed by atoms with Crippen LogP contribution in [0.4, 0.5) is 11.4 Å². The quantitative estimate of drug-likeness (QED) is 0.660. The van der Waals surface area contributed by atoms with Crippen LogP contribution in [-0.4, -0.2) is 29.8 Å². The van der Waals surface area contributed by atoms with Gasteiger partial charge in [0, 0.05) is 48.7 Å². The SMILES string of the molecule is CCc1cc(NCc2ccc(N3CCC(CO)CC3)cc2)c2ccccc2n1. The minimum atomic E-state index is 0.321. The molecule has 0 amide bonds. The van der Waals surface area contributed by atoms with Crippen LogP contribution >= 0.6 is 0 Å². The molecule has 4 heteroatoms. The highest BCUT2D eigenvalue weighted by Crippen LogP contribution is 2.26. The molecule has 0 saturated carbocycles. The zero-order valence-corrected chi connectivity index (χ0v) is 16.6. The summed E-state index contributed by atoms with van der Waals surface area (Å²) in [5.74, 6) is 0.475. The van der Waals surface area contributed by atoms with Gasteiger partial charge in [0.1, 0.15) is 0 Å². The fraction of sp³-hybridized carbons (Fsp3) is 0.375. The Labute approximate surface area is 167 Å². The zero-order chi connectivity index (χ0) is 19.3. The van der Waals surface area contributed by atoms with Crippen molar-refractivity contribution in [2.75, 3.05) is 29.9 Å². The fourth-order valence-electron chi connectivity index (χ4n) is 3.95. The minimum Gasteiger partial charge on any atom is -0.396 e. The Hall–Kier alpha value is -2.59. The van der Waals surface area contributed by atoms with Gasteiger partial charge in [-0.1, -0.05) is 37.3 Å². The van der Waals surface area contributed by atoms with Crippen LogP contribution in [0.25, 0.3) is 10.9 Å². The lowest BCUT2D eigenvalue weighted by atomic mass is 9.97. The highest BCUT2D eigenvalue weighted by atomic mass is 16.3. The number of aryl methyl sites for hydroxylation is 1. The number of anilines is 2. The number of pyridine rings is 1. The average Bonchev–Trinajstić information content (AvgIpc) is 2.77. The second kappa shape index (κ2) is 8.61. The van der Waals surface area contributed by atoms with Crippen LogP contribution in [0.2, 0.25) is 0 Å². The standard InChI is InChI=1S/C24H29N3O/c1-2-20-15-24(22-5-3-4-6-23(22)26-20)25-16-18-7-9-21(10-8-18)27-13-11-19(17-28)12-14-27/h3-10,15,19,28H,2,11-14,16-17H2,1H3,(H,25,26). The third-order valence-electron chi connectivity index (χ3n) is 5.79. The molecule has 0 atom stereocenters. The number of nitrogens with one attached hydrogen (secondary N) is 1. The van der Waals surface area contributed by atoms with Gasteiger partial charge in [0.05, 0.1) is 5.52 Å². The van der Waals surface area contributed by atoms with Crippen molar-refractivity contribution in [2.24, 2.45) is 5.92 Å². The number of benzene rings is 2. The lowest BCUT2D eigenvalue weighted by molar-refractivity contribution is 0.203. The van der Waals surface area contributed by atoms with Gasteiger partial charge in [0.25, 0.3) is 0 Å².